The van der Waals surface area contributed by atoms with E-state index in [-0.39, 0.29) is 12.5 Å². The van der Waals surface area contributed by atoms with Crippen molar-refractivity contribution in [3.8, 4) is 11.1 Å². The van der Waals surface area contributed by atoms with Crippen molar-refractivity contribution in [2.75, 3.05) is 13.2 Å². The average Bonchev–Trinajstić information content (AvgIpc) is 3.02. The molecule has 2 aromatic carbocycles. The number of amides is 1. The van der Waals surface area contributed by atoms with Gasteiger partial charge in [-0.2, -0.15) is 0 Å². The molecule has 3 rings (SSSR count). The molecule has 0 bridgehead atoms. The van der Waals surface area contributed by atoms with Crippen LogP contribution in [0.15, 0.2) is 48.5 Å². The van der Waals surface area contributed by atoms with E-state index in [9.17, 15) is 9.59 Å². The monoisotopic (exact) mass is 410 g/mol. The zero-order valence-corrected chi connectivity index (χ0v) is 17.8. The van der Waals surface area contributed by atoms with Gasteiger partial charge in [-0.25, -0.2) is 9.59 Å². The maximum Gasteiger partial charge on any atom is 0.407 e. The minimum atomic E-state index is -0.788. The van der Waals surface area contributed by atoms with Gasteiger partial charge >= 0.3 is 12.1 Å². The summed E-state index contributed by atoms with van der Waals surface area (Å²) in [6.07, 6.45) is 0.355. The summed E-state index contributed by atoms with van der Waals surface area (Å²) in [5.74, 6) is -0.517. The Morgan fingerprint density at radius 3 is 2.13 bits per heavy atom. The summed E-state index contributed by atoms with van der Waals surface area (Å²) < 4.78 is 11.0. The van der Waals surface area contributed by atoms with Crippen LogP contribution >= 0.6 is 0 Å². The molecule has 3 N–H and O–H groups in total. The summed E-state index contributed by atoms with van der Waals surface area (Å²) in [6.45, 7) is 5.98. The lowest BCUT2D eigenvalue weighted by atomic mass is 9.98. The zero-order chi connectivity index (χ0) is 21.7. The predicted molar refractivity (Wildman–Crippen MR) is 116 cm³/mol. The Bertz CT molecular complexity index is 859. The third-order valence-corrected chi connectivity index (χ3v) is 5.02. The average molecular weight is 411 g/mol. The number of alkyl carbamates (subject to hydrolysis) is 1. The van der Waals surface area contributed by atoms with Crippen LogP contribution in [0.3, 0.4) is 0 Å². The highest BCUT2D eigenvalue weighted by Gasteiger charge is 2.30. The van der Waals surface area contributed by atoms with Crippen LogP contribution in [0.25, 0.3) is 11.1 Å². The van der Waals surface area contributed by atoms with Gasteiger partial charge in [0.25, 0.3) is 0 Å². The van der Waals surface area contributed by atoms with Crippen molar-refractivity contribution < 1.29 is 19.1 Å². The van der Waals surface area contributed by atoms with Crippen molar-refractivity contribution in [1.29, 1.82) is 0 Å². The third kappa shape index (κ3) is 5.19. The van der Waals surface area contributed by atoms with Crippen molar-refractivity contribution in [2.24, 2.45) is 5.73 Å². The Labute approximate surface area is 177 Å². The maximum absolute atomic E-state index is 12.5. The Hall–Kier alpha value is -2.86. The molecular weight excluding hydrogens is 380 g/mol. The standard InChI is InChI=1S/C24H30N2O4/c1-24(2,3)30-22(27)21(13-8-14-25)26-23(28)29-15-20-18-11-6-4-9-16(18)17-10-5-7-12-19(17)20/h4-7,9-12,20-21H,8,13-15,25H2,1-3H3,(H,26,28)/t21-/m0/s1. The summed E-state index contributed by atoms with van der Waals surface area (Å²) in [4.78, 5) is 24.9. The second kappa shape index (κ2) is 9.30. The number of nitrogens with two attached hydrogens (primary N) is 1. The Balaban J connectivity index is 1.66. The van der Waals surface area contributed by atoms with Gasteiger partial charge in [-0.05, 0) is 62.4 Å². The van der Waals surface area contributed by atoms with Crippen LogP contribution in [0, 0.1) is 0 Å². The molecule has 0 spiro atoms. The molecule has 6 heteroatoms. The van der Waals surface area contributed by atoms with Crippen molar-refractivity contribution in [1.82, 2.24) is 5.32 Å². The summed E-state index contributed by atoms with van der Waals surface area (Å²) in [7, 11) is 0. The fraction of sp³-hybridized carbons (Fsp3) is 0.417. The quantitative estimate of drug-likeness (QED) is 0.674. The van der Waals surface area contributed by atoms with Gasteiger partial charge in [0.2, 0.25) is 0 Å². The molecule has 0 saturated carbocycles. The van der Waals surface area contributed by atoms with E-state index in [1.54, 1.807) is 20.8 Å². The van der Waals surface area contributed by atoms with Crippen molar-refractivity contribution in [3.05, 3.63) is 59.7 Å². The molecule has 0 heterocycles. The maximum atomic E-state index is 12.5. The van der Waals surface area contributed by atoms with E-state index in [2.05, 4.69) is 29.6 Å². The highest BCUT2D eigenvalue weighted by molar-refractivity contribution is 5.82. The van der Waals surface area contributed by atoms with E-state index in [0.29, 0.717) is 19.4 Å². The van der Waals surface area contributed by atoms with E-state index in [1.165, 1.54) is 0 Å². The molecule has 1 aliphatic rings. The van der Waals surface area contributed by atoms with E-state index < -0.39 is 23.7 Å². The first-order chi connectivity index (χ1) is 14.3. The second-order valence-electron chi connectivity index (χ2n) is 8.49. The molecule has 0 aromatic heterocycles. The Morgan fingerprint density at radius 1 is 1.03 bits per heavy atom. The van der Waals surface area contributed by atoms with Gasteiger partial charge < -0.3 is 20.5 Å². The van der Waals surface area contributed by atoms with Crippen LogP contribution in [-0.2, 0) is 14.3 Å². The number of benzene rings is 2. The molecule has 1 atom stereocenters. The molecule has 1 aliphatic carbocycles. The SMILES string of the molecule is CC(C)(C)OC(=O)[C@H](CCCN)NC(=O)OCC1c2ccccc2-c2ccccc21. The lowest BCUT2D eigenvalue weighted by Gasteiger charge is -2.24. The number of carbonyl (C=O) groups is 2. The van der Waals surface area contributed by atoms with Gasteiger partial charge in [0, 0.05) is 5.92 Å². The largest absolute Gasteiger partial charge is 0.458 e. The lowest BCUT2D eigenvalue weighted by Crippen LogP contribution is -2.44. The first-order valence-corrected chi connectivity index (χ1v) is 10.3. The predicted octanol–water partition coefficient (Wildman–Crippen LogP) is 3.97. The molecule has 0 unspecified atom stereocenters. The number of fused-ring (bicyclic) bond motifs is 3. The molecule has 6 nitrogen and oxygen atoms in total. The molecule has 30 heavy (non-hydrogen) atoms. The molecule has 1 amide bonds. The molecular formula is C24H30N2O4. The molecule has 160 valence electrons. The number of hydrogen-bond donors (Lipinski definition) is 2. The second-order valence-corrected chi connectivity index (χ2v) is 8.49. The number of nitrogens with one attached hydrogen (secondary N) is 1. The molecule has 0 fully saturated rings. The minimum absolute atomic E-state index is 0.0350. The minimum Gasteiger partial charge on any atom is -0.458 e. The fourth-order valence-electron chi connectivity index (χ4n) is 3.73. The zero-order valence-electron chi connectivity index (χ0n) is 17.8. The molecule has 0 aliphatic heterocycles. The number of ether oxygens (including phenoxy) is 2. The van der Waals surface area contributed by atoms with Gasteiger partial charge in [0.05, 0.1) is 0 Å². The summed E-state index contributed by atoms with van der Waals surface area (Å²) >= 11 is 0. The topological polar surface area (TPSA) is 90.6 Å². The van der Waals surface area contributed by atoms with Crippen LogP contribution in [0.2, 0.25) is 0 Å². The highest BCUT2D eigenvalue weighted by Crippen LogP contribution is 2.44. The normalized spacial score (nSPS) is 13.9. The lowest BCUT2D eigenvalue weighted by molar-refractivity contribution is -0.157. The smallest absolute Gasteiger partial charge is 0.407 e. The highest BCUT2D eigenvalue weighted by atomic mass is 16.6. The van der Waals surface area contributed by atoms with Crippen LogP contribution in [0.4, 0.5) is 4.79 Å². The van der Waals surface area contributed by atoms with Crippen molar-refractivity contribution in [3.63, 3.8) is 0 Å². The fourth-order valence-corrected chi connectivity index (χ4v) is 3.73. The molecule has 0 radical (unpaired) electrons. The van der Waals surface area contributed by atoms with Gasteiger partial charge in [-0.15, -0.1) is 0 Å². The summed E-state index contributed by atoms with van der Waals surface area (Å²) in [5, 5.41) is 2.65. The Morgan fingerprint density at radius 2 is 1.60 bits per heavy atom. The van der Waals surface area contributed by atoms with E-state index in [4.69, 9.17) is 15.2 Å². The number of esters is 1. The van der Waals surface area contributed by atoms with E-state index >= 15 is 0 Å². The molecule has 0 saturated heterocycles. The van der Waals surface area contributed by atoms with Crippen LogP contribution < -0.4 is 11.1 Å². The van der Waals surface area contributed by atoms with Crippen LogP contribution in [0.1, 0.15) is 50.7 Å². The van der Waals surface area contributed by atoms with Gasteiger partial charge in [-0.1, -0.05) is 48.5 Å². The van der Waals surface area contributed by atoms with Gasteiger partial charge in [0.1, 0.15) is 18.2 Å². The number of carbonyl (C=O) groups excluding carboxylic acids is 2. The Kier molecular flexibility index (Phi) is 6.77. The molecule has 2 aromatic rings. The van der Waals surface area contributed by atoms with Crippen molar-refractivity contribution in [2.45, 2.75) is 51.2 Å². The third-order valence-electron chi connectivity index (χ3n) is 5.02. The van der Waals surface area contributed by atoms with Crippen LogP contribution in [-0.4, -0.2) is 36.9 Å². The summed E-state index contributed by atoms with van der Waals surface area (Å²) in [5.41, 5.74) is 9.53. The van der Waals surface area contributed by atoms with E-state index in [0.717, 1.165) is 22.3 Å². The van der Waals surface area contributed by atoms with E-state index in [1.807, 2.05) is 24.3 Å². The van der Waals surface area contributed by atoms with Crippen LogP contribution in [0.5, 0.6) is 0 Å². The first-order valence-electron chi connectivity index (χ1n) is 10.3. The summed E-state index contributed by atoms with van der Waals surface area (Å²) in [6, 6.07) is 15.5. The number of rotatable bonds is 7. The van der Waals surface area contributed by atoms with Gasteiger partial charge in [-0.3, -0.25) is 0 Å². The number of hydrogen-bond acceptors (Lipinski definition) is 5. The first kappa shape index (κ1) is 21.8. The van der Waals surface area contributed by atoms with Gasteiger partial charge in [0.15, 0.2) is 0 Å². The van der Waals surface area contributed by atoms with Crippen molar-refractivity contribution >= 4 is 12.1 Å².